The Morgan fingerprint density at radius 3 is 2.25 bits per heavy atom. The first-order chi connectivity index (χ1) is 13.5. The number of rotatable bonds is 10. The Hall–Kier alpha value is -3.22. The fourth-order valence-electron chi connectivity index (χ4n) is 2.21. The summed E-state index contributed by atoms with van der Waals surface area (Å²) in [4.78, 5) is 35.6. The predicted molar refractivity (Wildman–Crippen MR) is 101 cm³/mol. The zero-order valence-corrected chi connectivity index (χ0v) is 15.6. The second-order valence-electron chi connectivity index (χ2n) is 6.00. The molecule has 2 aromatic carbocycles. The summed E-state index contributed by atoms with van der Waals surface area (Å²) in [6.45, 7) is 1.83. The maximum atomic E-state index is 12.8. The van der Waals surface area contributed by atoms with Gasteiger partial charge in [0.2, 0.25) is 0 Å². The highest BCUT2D eigenvalue weighted by molar-refractivity contribution is 5.98. The number of carbonyl (C=O) groups excluding carboxylic acids is 3. The summed E-state index contributed by atoms with van der Waals surface area (Å²) in [6, 6.07) is 11.5. The van der Waals surface area contributed by atoms with E-state index in [0.29, 0.717) is 17.9 Å². The topological polar surface area (TPSA) is 81.7 Å². The Labute approximate surface area is 162 Å². The number of ketones is 1. The molecular formula is C21H22FNO5. The lowest BCUT2D eigenvalue weighted by molar-refractivity contribution is -0.141. The molecule has 0 spiro atoms. The fourth-order valence-corrected chi connectivity index (χ4v) is 2.21. The molecule has 2 rings (SSSR count). The van der Waals surface area contributed by atoms with E-state index in [2.05, 4.69) is 12.2 Å². The molecule has 0 saturated heterocycles. The number of unbranched alkanes of at least 4 members (excludes halogenated alkanes) is 1. The van der Waals surface area contributed by atoms with Crippen LogP contribution in [0.1, 0.15) is 40.5 Å². The standard InChI is InChI=1S/C21H22FNO5/c1-2-3-12-27-18-10-6-16(7-11-18)21(26)23-13-20(25)28-14-19(24)15-4-8-17(22)9-5-15/h4-11H,2-3,12-14H2,1H3,(H,23,26). The van der Waals surface area contributed by atoms with Crippen LogP contribution in [0.25, 0.3) is 0 Å². The van der Waals surface area contributed by atoms with Gasteiger partial charge in [0.1, 0.15) is 18.1 Å². The quantitative estimate of drug-likeness (QED) is 0.385. The Kier molecular flexibility index (Phi) is 8.14. The van der Waals surface area contributed by atoms with Crippen LogP contribution in [0, 0.1) is 5.82 Å². The van der Waals surface area contributed by atoms with Gasteiger partial charge in [0, 0.05) is 11.1 Å². The van der Waals surface area contributed by atoms with Crippen molar-refractivity contribution < 1.29 is 28.2 Å². The van der Waals surface area contributed by atoms with Gasteiger partial charge >= 0.3 is 5.97 Å². The Morgan fingerprint density at radius 2 is 1.61 bits per heavy atom. The summed E-state index contributed by atoms with van der Waals surface area (Å²) in [5.74, 6) is -1.44. The molecule has 0 aromatic heterocycles. The van der Waals surface area contributed by atoms with E-state index in [0.717, 1.165) is 25.0 Å². The van der Waals surface area contributed by atoms with Crippen LogP contribution < -0.4 is 10.1 Å². The third kappa shape index (κ3) is 6.83. The van der Waals surface area contributed by atoms with Crippen molar-refractivity contribution in [2.24, 2.45) is 0 Å². The fraction of sp³-hybridized carbons (Fsp3) is 0.286. The first-order valence-electron chi connectivity index (χ1n) is 8.95. The van der Waals surface area contributed by atoms with E-state index in [1.165, 1.54) is 12.1 Å². The van der Waals surface area contributed by atoms with Gasteiger partial charge in [-0.15, -0.1) is 0 Å². The number of carbonyl (C=O) groups is 3. The average molecular weight is 387 g/mol. The molecule has 1 N–H and O–H groups in total. The Morgan fingerprint density at radius 1 is 0.964 bits per heavy atom. The molecule has 0 aliphatic rings. The molecule has 28 heavy (non-hydrogen) atoms. The summed E-state index contributed by atoms with van der Waals surface area (Å²) >= 11 is 0. The maximum absolute atomic E-state index is 12.8. The average Bonchev–Trinajstić information content (AvgIpc) is 2.71. The van der Waals surface area contributed by atoms with Crippen molar-refractivity contribution in [2.75, 3.05) is 19.8 Å². The molecule has 0 aliphatic heterocycles. The number of Topliss-reactive ketones (excluding diaryl/α,β-unsaturated/α-hetero) is 1. The van der Waals surface area contributed by atoms with Crippen LogP contribution in [0.2, 0.25) is 0 Å². The number of hydrogen-bond acceptors (Lipinski definition) is 5. The van der Waals surface area contributed by atoms with Crippen molar-refractivity contribution in [3.63, 3.8) is 0 Å². The van der Waals surface area contributed by atoms with E-state index in [4.69, 9.17) is 9.47 Å². The van der Waals surface area contributed by atoms with Gasteiger partial charge in [-0.1, -0.05) is 13.3 Å². The lowest BCUT2D eigenvalue weighted by Gasteiger charge is -2.08. The van der Waals surface area contributed by atoms with Crippen LogP contribution in [0.15, 0.2) is 48.5 Å². The van der Waals surface area contributed by atoms with Crippen molar-refractivity contribution in [1.82, 2.24) is 5.32 Å². The minimum absolute atomic E-state index is 0.236. The first-order valence-corrected chi connectivity index (χ1v) is 8.95. The highest BCUT2D eigenvalue weighted by Crippen LogP contribution is 2.12. The molecule has 0 radical (unpaired) electrons. The van der Waals surface area contributed by atoms with Gasteiger partial charge in [0.25, 0.3) is 5.91 Å². The normalized spacial score (nSPS) is 10.2. The van der Waals surface area contributed by atoms with Gasteiger partial charge in [-0.3, -0.25) is 14.4 Å². The van der Waals surface area contributed by atoms with Crippen molar-refractivity contribution >= 4 is 17.7 Å². The largest absolute Gasteiger partial charge is 0.494 e. The first kappa shape index (κ1) is 21.1. The van der Waals surface area contributed by atoms with Crippen LogP contribution in [0.3, 0.4) is 0 Å². The van der Waals surface area contributed by atoms with E-state index in [-0.39, 0.29) is 12.1 Å². The molecule has 0 heterocycles. The molecule has 0 aliphatic carbocycles. The van der Waals surface area contributed by atoms with Crippen molar-refractivity contribution in [3.05, 3.63) is 65.5 Å². The summed E-state index contributed by atoms with van der Waals surface area (Å²) in [6.07, 6.45) is 1.99. The number of amides is 1. The number of ether oxygens (including phenoxy) is 2. The Bertz CT molecular complexity index is 803. The predicted octanol–water partition coefficient (Wildman–Crippen LogP) is 3.16. The van der Waals surface area contributed by atoms with Crippen LogP contribution in [0.4, 0.5) is 4.39 Å². The number of nitrogens with one attached hydrogen (secondary N) is 1. The van der Waals surface area contributed by atoms with Crippen LogP contribution in [0.5, 0.6) is 5.75 Å². The smallest absolute Gasteiger partial charge is 0.325 e. The maximum Gasteiger partial charge on any atom is 0.325 e. The third-order valence-electron chi connectivity index (χ3n) is 3.81. The van der Waals surface area contributed by atoms with E-state index in [9.17, 15) is 18.8 Å². The molecule has 6 nitrogen and oxygen atoms in total. The number of esters is 1. The SMILES string of the molecule is CCCCOc1ccc(C(=O)NCC(=O)OCC(=O)c2ccc(F)cc2)cc1. The summed E-state index contributed by atoms with van der Waals surface area (Å²) in [5, 5.41) is 2.43. The lowest BCUT2D eigenvalue weighted by atomic mass is 10.1. The minimum atomic E-state index is -0.747. The third-order valence-corrected chi connectivity index (χ3v) is 3.81. The van der Waals surface area contributed by atoms with Gasteiger partial charge < -0.3 is 14.8 Å². The molecular weight excluding hydrogens is 365 g/mol. The van der Waals surface area contributed by atoms with Gasteiger partial charge in [0.15, 0.2) is 12.4 Å². The summed E-state index contributed by atoms with van der Waals surface area (Å²) < 4.78 is 23.2. The molecule has 0 unspecified atom stereocenters. The molecule has 0 saturated carbocycles. The van der Waals surface area contributed by atoms with Gasteiger partial charge in [-0.05, 0) is 55.0 Å². The highest BCUT2D eigenvalue weighted by atomic mass is 19.1. The van der Waals surface area contributed by atoms with Gasteiger partial charge in [0.05, 0.1) is 6.61 Å². The minimum Gasteiger partial charge on any atom is -0.494 e. The van der Waals surface area contributed by atoms with E-state index in [1.807, 2.05) is 0 Å². The molecule has 7 heteroatoms. The zero-order valence-electron chi connectivity index (χ0n) is 15.6. The number of halogens is 1. The van der Waals surface area contributed by atoms with Crippen molar-refractivity contribution in [2.45, 2.75) is 19.8 Å². The monoisotopic (exact) mass is 387 g/mol. The molecule has 0 atom stereocenters. The van der Waals surface area contributed by atoms with Crippen LogP contribution in [-0.4, -0.2) is 37.4 Å². The Balaban J connectivity index is 1.73. The molecule has 1 amide bonds. The molecule has 0 bridgehead atoms. The van der Waals surface area contributed by atoms with Crippen LogP contribution in [-0.2, 0) is 9.53 Å². The number of hydrogen-bond donors (Lipinski definition) is 1. The van der Waals surface area contributed by atoms with Crippen molar-refractivity contribution in [3.8, 4) is 5.75 Å². The zero-order chi connectivity index (χ0) is 20.4. The van der Waals surface area contributed by atoms with E-state index in [1.54, 1.807) is 24.3 Å². The van der Waals surface area contributed by atoms with Gasteiger partial charge in [-0.2, -0.15) is 0 Å². The second-order valence-corrected chi connectivity index (χ2v) is 6.00. The van der Waals surface area contributed by atoms with Crippen LogP contribution >= 0.6 is 0 Å². The van der Waals surface area contributed by atoms with E-state index >= 15 is 0 Å². The summed E-state index contributed by atoms with van der Waals surface area (Å²) in [7, 11) is 0. The molecule has 2 aromatic rings. The molecule has 148 valence electrons. The lowest BCUT2D eigenvalue weighted by Crippen LogP contribution is -2.31. The highest BCUT2D eigenvalue weighted by Gasteiger charge is 2.12. The van der Waals surface area contributed by atoms with Gasteiger partial charge in [-0.25, -0.2) is 4.39 Å². The summed E-state index contributed by atoms with van der Waals surface area (Å²) in [5.41, 5.74) is 0.609. The van der Waals surface area contributed by atoms with Crippen molar-refractivity contribution in [1.29, 1.82) is 0 Å². The van der Waals surface area contributed by atoms with E-state index < -0.39 is 30.1 Å². The second kappa shape index (κ2) is 10.8. The number of benzene rings is 2. The molecule has 0 fully saturated rings.